The number of aromatic nitrogens is 2. The smallest absolute Gasteiger partial charge is 0.117 e. The van der Waals surface area contributed by atoms with E-state index < -0.39 is 0 Å². The summed E-state index contributed by atoms with van der Waals surface area (Å²) in [5.74, 6) is 3.06. The summed E-state index contributed by atoms with van der Waals surface area (Å²) >= 11 is 0. The summed E-state index contributed by atoms with van der Waals surface area (Å²) in [6.07, 6.45) is 5.48. The minimum Gasteiger partial charge on any atom is -0.465 e. The van der Waals surface area contributed by atoms with Gasteiger partial charge in [0, 0.05) is 31.8 Å². The first-order valence-electron chi connectivity index (χ1n) is 5.65. The number of aryl methyl sites for hydroxylation is 1. The third kappa shape index (κ3) is 2.97. The fourth-order valence-corrected chi connectivity index (χ4v) is 1.56. The minimum absolute atomic E-state index is 0.778. The molecule has 0 unspecified atom stereocenters. The second kappa shape index (κ2) is 5.51. The topological polar surface area (TPSA) is 53.9 Å². The molecule has 4 heteroatoms. The highest BCUT2D eigenvalue weighted by atomic mass is 16.3. The van der Waals surface area contributed by atoms with Crippen LogP contribution in [-0.4, -0.2) is 16.5 Å². The maximum absolute atomic E-state index is 5.58. The van der Waals surface area contributed by atoms with Gasteiger partial charge in [0.05, 0.1) is 6.54 Å². The van der Waals surface area contributed by atoms with Gasteiger partial charge in [0.25, 0.3) is 0 Å². The average Bonchev–Trinajstić information content (AvgIpc) is 2.95. The molecule has 0 aliphatic rings. The first kappa shape index (κ1) is 11.0. The zero-order valence-corrected chi connectivity index (χ0v) is 9.49. The molecule has 0 aromatic carbocycles. The van der Waals surface area contributed by atoms with Gasteiger partial charge in [0.15, 0.2) is 0 Å². The van der Waals surface area contributed by atoms with Gasteiger partial charge in [-0.3, -0.25) is 0 Å². The Morgan fingerprint density at radius 3 is 2.94 bits per heavy atom. The molecule has 2 rings (SSSR count). The van der Waals surface area contributed by atoms with Crippen molar-refractivity contribution in [1.82, 2.24) is 15.3 Å². The second-order valence-electron chi connectivity index (χ2n) is 3.68. The van der Waals surface area contributed by atoms with Gasteiger partial charge < -0.3 is 14.7 Å². The standard InChI is InChI=1S/C12H17N3O/c1-2-10-3-4-11(16-10)9-13-6-5-12-14-7-8-15-12/h3-4,7-8,13H,2,5-6,9H2,1H3,(H,14,15). The van der Waals surface area contributed by atoms with E-state index in [4.69, 9.17) is 4.42 Å². The number of nitrogens with zero attached hydrogens (tertiary/aromatic N) is 1. The molecular formula is C12H17N3O. The van der Waals surface area contributed by atoms with E-state index in [-0.39, 0.29) is 0 Å². The number of H-pyrrole nitrogens is 1. The van der Waals surface area contributed by atoms with Crippen LogP contribution >= 0.6 is 0 Å². The van der Waals surface area contributed by atoms with Crippen LogP contribution in [0.25, 0.3) is 0 Å². The predicted molar refractivity (Wildman–Crippen MR) is 62.1 cm³/mol. The van der Waals surface area contributed by atoms with E-state index in [1.807, 2.05) is 18.3 Å². The van der Waals surface area contributed by atoms with E-state index in [9.17, 15) is 0 Å². The van der Waals surface area contributed by atoms with Gasteiger partial charge in [-0.05, 0) is 12.1 Å². The van der Waals surface area contributed by atoms with Crippen LogP contribution in [0.4, 0.5) is 0 Å². The van der Waals surface area contributed by atoms with Gasteiger partial charge in [-0.2, -0.15) is 0 Å². The number of rotatable bonds is 6. The Bertz CT molecular complexity index is 406. The highest BCUT2D eigenvalue weighted by Gasteiger charge is 2.00. The molecule has 0 spiro atoms. The minimum atomic E-state index is 0.778. The Labute approximate surface area is 95.1 Å². The normalized spacial score (nSPS) is 10.8. The van der Waals surface area contributed by atoms with Gasteiger partial charge in [-0.25, -0.2) is 4.98 Å². The van der Waals surface area contributed by atoms with Crippen LogP contribution in [0.3, 0.4) is 0 Å². The fraction of sp³-hybridized carbons (Fsp3) is 0.417. The first-order chi connectivity index (χ1) is 7.88. The zero-order valence-electron chi connectivity index (χ0n) is 9.49. The molecule has 16 heavy (non-hydrogen) atoms. The number of hydrogen-bond acceptors (Lipinski definition) is 3. The van der Waals surface area contributed by atoms with E-state index in [0.717, 1.165) is 43.3 Å². The van der Waals surface area contributed by atoms with E-state index in [1.54, 1.807) is 6.20 Å². The Kier molecular flexibility index (Phi) is 3.77. The first-order valence-corrected chi connectivity index (χ1v) is 5.65. The third-order valence-electron chi connectivity index (χ3n) is 2.46. The monoisotopic (exact) mass is 219 g/mol. The molecule has 0 fully saturated rings. The van der Waals surface area contributed by atoms with Crippen LogP contribution in [0.5, 0.6) is 0 Å². The molecule has 4 nitrogen and oxygen atoms in total. The van der Waals surface area contributed by atoms with Gasteiger partial charge >= 0.3 is 0 Å². The lowest BCUT2D eigenvalue weighted by Crippen LogP contribution is -2.16. The number of aromatic amines is 1. The summed E-state index contributed by atoms with van der Waals surface area (Å²) in [7, 11) is 0. The summed E-state index contributed by atoms with van der Waals surface area (Å²) in [4.78, 5) is 7.23. The third-order valence-corrected chi connectivity index (χ3v) is 2.46. The lowest BCUT2D eigenvalue weighted by Gasteiger charge is -2.00. The molecular weight excluding hydrogens is 202 g/mol. The van der Waals surface area contributed by atoms with Crippen LogP contribution in [0.1, 0.15) is 24.3 Å². The molecule has 2 aromatic rings. The molecule has 0 saturated heterocycles. The maximum atomic E-state index is 5.58. The van der Waals surface area contributed by atoms with Gasteiger partial charge in [0.1, 0.15) is 17.3 Å². The van der Waals surface area contributed by atoms with Crippen LogP contribution in [0.15, 0.2) is 28.9 Å². The average molecular weight is 219 g/mol. The van der Waals surface area contributed by atoms with Crippen molar-refractivity contribution in [2.24, 2.45) is 0 Å². The molecule has 0 aliphatic carbocycles. The zero-order chi connectivity index (χ0) is 11.2. The molecule has 0 bridgehead atoms. The summed E-state index contributed by atoms with van der Waals surface area (Å²) in [6, 6.07) is 4.06. The van der Waals surface area contributed by atoms with Crippen molar-refractivity contribution >= 4 is 0 Å². The molecule has 0 atom stereocenters. The van der Waals surface area contributed by atoms with Gasteiger partial charge in [-0.15, -0.1) is 0 Å². The molecule has 0 saturated carbocycles. The van der Waals surface area contributed by atoms with Crippen molar-refractivity contribution in [3.8, 4) is 0 Å². The van der Waals surface area contributed by atoms with Crippen LogP contribution < -0.4 is 5.32 Å². The summed E-state index contributed by atoms with van der Waals surface area (Å²) in [6.45, 7) is 3.77. The Morgan fingerprint density at radius 2 is 2.25 bits per heavy atom. The maximum Gasteiger partial charge on any atom is 0.117 e. The Balaban J connectivity index is 1.68. The van der Waals surface area contributed by atoms with E-state index >= 15 is 0 Å². The largest absolute Gasteiger partial charge is 0.465 e. The molecule has 0 amide bonds. The Morgan fingerprint density at radius 1 is 1.38 bits per heavy atom. The van der Waals surface area contributed by atoms with Crippen molar-refractivity contribution in [2.45, 2.75) is 26.3 Å². The van der Waals surface area contributed by atoms with E-state index in [0.29, 0.717) is 0 Å². The lowest BCUT2D eigenvalue weighted by molar-refractivity contribution is 0.451. The number of imidazole rings is 1. The van der Waals surface area contributed by atoms with Crippen molar-refractivity contribution < 1.29 is 4.42 Å². The van der Waals surface area contributed by atoms with Crippen molar-refractivity contribution in [3.63, 3.8) is 0 Å². The highest BCUT2D eigenvalue weighted by molar-refractivity contribution is 5.06. The van der Waals surface area contributed by atoms with Crippen molar-refractivity contribution in [3.05, 3.63) is 41.9 Å². The SMILES string of the molecule is CCc1ccc(CNCCc2ncc[nH]2)o1. The Hall–Kier alpha value is -1.55. The quantitative estimate of drug-likeness (QED) is 0.729. The van der Waals surface area contributed by atoms with Crippen LogP contribution in [-0.2, 0) is 19.4 Å². The predicted octanol–water partition coefficient (Wildman–Crippen LogP) is 1.90. The number of nitrogens with one attached hydrogen (secondary N) is 2. The van der Waals surface area contributed by atoms with Crippen molar-refractivity contribution in [2.75, 3.05) is 6.54 Å². The molecule has 2 heterocycles. The van der Waals surface area contributed by atoms with E-state index in [2.05, 4.69) is 22.2 Å². The molecule has 0 aliphatic heterocycles. The summed E-state index contributed by atoms with van der Waals surface area (Å²) < 4.78 is 5.58. The van der Waals surface area contributed by atoms with Gasteiger partial charge in [0.2, 0.25) is 0 Å². The molecule has 0 radical (unpaired) electrons. The molecule has 2 N–H and O–H groups in total. The fourth-order valence-electron chi connectivity index (χ4n) is 1.56. The van der Waals surface area contributed by atoms with Crippen molar-refractivity contribution in [1.29, 1.82) is 0 Å². The molecule has 86 valence electrons. The van der Waals surface area contributed by atoms with E-state index in [1.165, 1.54) is 0 Å². The van der Waals surface area contributed by atoms with Crippen LogP contribution in [0.2, 0.25) is 0 Å². The lowest BCUT2D eigenvalue weighted by atomic mass is 10.3. The second-order valence-corrected chi connectivity index (χ2v) is 3.68. The number of furan rings is 1. The highest BCUT2D eigenvalue weighted by Crippen LogP contribution is 2.07. The summed E-state index contributed by atoms with van der Waals surface area (Å²) in [5, 5.41) is 3.32. The number of hydrogen-bond donors (Lipinski definition) is 2. The van der Waals surface area contributed by atoms with Gasteiger partial charge in [-0.1, -0.05) is 6.92 Å². The van der Waals surface area contributed by atoms with Crippen LogP contribution in [0, 0.1) is 0 Å². The summed E-state index contributed by atoms with van der Waals surface area (Å²) in [5.41, 5.74) is 0. The molecule has 2 aromatic heterocycles.